The van der Waals surface area contributed by atoms with E-state index >= 15 is 0 Å². The Kier molecular flexibility index (Phi) is 7.42. The Morgan fingerprint density at radius 2 is 1.67 bits per heavy atom. The topological polar surface area (TPSA) is 94.9 Å². The molecule has 0 aliphatic rings. The van der Waals surface area contributed by atoms with Crippen LogP contribution in [0.4, 0.5) is 0 Å². The second-order valence-electron chi connectivity index (χ2n) is 5.47. The highest BCUT2D eigenvalue weighted by Gasteiger charge is 2.12. The minimum Gasteiger partial charge on any atom is -0.493 e. The molecule has 0 unspecified atom stereocenters. The Morgan fingerprint density at radius 3 is 2.19 bits per heavy atom. The van der Waals surface area contributed by atoms with Crippen LogP contribution in [0.2, 0.25) is 0 Å². The molecule has 144 valence electrons. The third-order valence-corrected chi connectivity index (χ3v) is 4.23. The summed E-state index contributed by atoms with van der Waals surface area (Å²) in [5, 5.41) is 4.53. The van der Waals surface area contributed by atoms with Crippen molar-refractivity contribution in [3.05, 3.63) is 35.2 Å². The number of benzene rings is 1. The number of carbonyl (C=O) groups excluding carboxylic acids is 1. The highest BCUT2D eigenvalue weighted by Crippen LogP contribution is 2.37. The van der Waals surface area contributed by atoms with E-state index in [0.29, 0.717) is 28.0 Å². The standard InChI is InChI=1S/C18H22N4O4S/c1-11-6-12(2)21-18(20-11)27-10-16(23)22-19-9-13-7-14(24-3)17(26-5)15(8-13)25-4/h6-9H,10H2,1-5H3,(H,22,23)/b19-9+. The molecule has 0 atom stereocenters. The molecule has 1 N–H and O–H groups in total. The molecule has 2 aromatic rings. The maximum Gasteiger partial charge on any atom is 0.250 e. The van der Waals surface area contributed by atoms with Gasteiger partial charge in [-0.15, -0.1) is 0 Å². The fraction of sp³-hybridized carbons (Fsp3) is 0.333. The van der Waals surface area contributed by atoms with Gasteiger partial charge in [-0.1, -0.05) is 11.8 Å². The zero-order valence-electron chi connectivity index (χ0n) is 15.9. The SMILES string of the molecule is COc1cc(/C=N/NC(=O)CSc2nc(C)cc(C)n2)cc(OC)c1OC. The fourth-order valence-electron chi connectivity index (χ4n) is 2.28. The summed E-state index contributed by atoms with van der Waals surface area (Å²) >= 11 is 1.26. The number of amides is 1. The molecule has 0 spiro atoms. The molecule has 1 amide bonds. The molecule has 1 heterocycles. The van der Waals surface area contributed by atoms with Gasteiger partial charge in [-0.25, -0.2) is 15.4 Å². The predicted octanol–water partition coefficient (Wildman–Crippen LogP) is 2.36. The lowest BCUT2D eigenvalue weighted by Gasteiger charge is -2.12. The van der Waals surface area contributed by atoms with Crippen molar-refractivity contribution in [3.8, 4) is 17.2 Å². The van der Waals surface area contributed by atoms with Crippen molar-refractivity contribution in [2.45, 2.75) is 19.0 Å². The number of aromatic nitrogens is 2. The third-order valence-electron chi connectivity index (χ3n) is 3.38. The van der Waals surface area contributed by atoms with Crippen LogP contribution in [-0.4, -0.2) is 49.2 Å². The fourth-order valence-corrected chi connectivity index (χ4v) is 3.02. The Morgan fingerprint density at radius 1 is 1.07 bits per heavy atom. The summed E-state index contributed by atoms with van der Waals surface area (Å²) < 4.78 is 15.8. The molecule has 1 aromatic carbocycles. The normalized spacial score (nSPS) is 10.7. The number of aryl methyl sites for hydroxylation is 2. The number of thioether (sulfide) groups is 1. The molecule has 0 saturated heterocycles. The summed E-state index contributed by atoms with van der Waals surface area (Å²) in [4.78, 5) is 20.5. The molecular weight excluding hydrogens is 368 g/mol. The van der Waals surface area contributed by atoms with Crippen molar-refractivity contribution >= 4 is 23.9 Å². The molecule has 8 nitrogen and oxygen atoms in total. The van der Waals surface area contributed by atoms with E-state index < -0.39 is 0 Å². The van der Waals surface area contributed by atoms with Crippen molar-refractivity contribution in [3.63, 3.8) is 0 Å². The smallest absolute Gasteiger partial charge is 0.250 e. The van der Waals surface area contributed by atoms with Gasteiger partial charge in [-0.05, 0) is 32.0 Å². The van der Waals surface area contributed by atoms with Gasteiger partial charge in [0.1, 0.15) is 0 Å². The van der Waals surface area contributed by atoms with Crippen LogP contribution in [0.15, 0.2) is 28.5 Å². The number of methoxy groups -OCH3 is 3. The lowest BCUT2D eigenvalue weighted by Crippen LogP contribution is -2.19. The largest absolute Gasteiger partial charge is 0.493 e. The average Bonchev–Trinajstić information content (AvgIpc) is 2.64. The summed E-state index contributed by atoms with van der Waals surface area (Å²) in [7, 11) is 4.60. The molecule has 1 aromatic heterocycles. The first kappa shape index (κ1) is 20.5. The quantitative estimate of drug-likeness (QED) is 0.320. The van der Waals surface area contributed by atoms with E-state index in [0.717, 1.165) is 11.4 Å². The van der Waals surface area contributed by atoms with Crippen molar-refractivity contribution in [1.82, 2.24) is 15.4 Å². The van der Waals surface area contributed by atoms with Crippen LogP contribution < -0.4 is 19.6 Å². The highest BCUT2D eigenvalue weighted by molar-refractivity contribution is 7.99. The molecule has 0 fully saturated rings. The van der Waals surface area contributed by atoms with E-state index in [-0.39, 0.29) is 11.7 Å². The number of hydrazone groups is 1. The molecule has 27 heavy (non-hydrogen) atoms. The lowest BCUT2D eigenvalue weighted by atomic mass is 10.2. The summed E-state index contributed by atoms with van der Waals surface area (Å²) in [5.74, 6) is 1.41. The van der Waals surface area contributed by atoms with Gasteiger partial charge in [0, 0.05) is 17.0 Å². The number of hydrogen-bond donors (Lipinski definition) is 1. The summed E-state index contributed by atoms with van der Waals surface area (Å²) in [6, 6.07) is 5.34. The summed E-state index contributed by atoms with van der Waals surface area (Å²) in [6.45, 7) is 3.78. The molecule has 0 saturated carbocycles. The Hall–Kier alpha value is -2.81. The minimum atomic E-state index is -0.258. The zero-order chi connectivity index (χ0) is 19.8. The van der Waals surface area contributed by atoms with Crippen molar-refractivity contribution < 1.29 is 19.0 Å². The Balaban J connectivity index is 1.97. The third kappa shape index (κ3) is 5.85. The van der Waals surface area contributed by atoms with E-state index in [9.17, 15) is 4.79 Å². The van der Waals surface area contributed by atoms with Crippen LogP contribution in [0.5, 0.6) is 17.2 Å². The highest BCUT2D eigenvalue weighted by atomic mass is 32.2. The van der Waals surface area contributed by atoms with E-state index in [4.69, 9.17) is 14.2 Å². The van der Waals surface area contributed by atoms with E-state index in [1.165, 1.54) is 39.3 Å². The van der Waals surface area contributed by atoms with Crippen LogP contribution in [-0.2, 0) is 4.79 Å². The van der Waals surface area contributed by atoms with Gasteiger partial charge >= 0.3 is 0 Å². The van der Waals surface area contributed by atoms with Gasteiger partial charge in [0.15, 0.2) is 16.7 Å². The van der Waals surface area contributed by atoms with Gasteiger partial charge in [0.25, 0.3) is 5.91 Å². The van der Waals surface area contributed by atoms with Gasteiger partial charge in [-0.3, -0.25) is 4.79 Å². The molecule has 9 heteroatoms. The molecular formula is C18H22N4O4S. The minimum absolute atomic E-state index is 0.162. The Bertz CT molecular complexity index is 797. The molecule has 0 aliphatic carbocycles. The van der Waals surface area contributed by atoms with Crippen LogP contribution in [0.3, 0.4) is 0 Å². The van der Waals surface area contributed by atoms with Gasteiger partial charge < -0.3 is 14.2 Å². The number of nitrogens with one attached hydrogen (secondary N) is 1. The van der Waals surface area contributed by atoms with Crippen LogP contribution in [0, 0.1) is 13.8 Å². The van der Waals surface area contributed by atoms with Gasteiger partial charge in [-0.2, -0.15) is 5.10 Å². The molecule has 0 radical (unpaired) electrons. The lowest BCUT2D eigenvalue weighted by molar-refractivity contribution is -0.118. The number of ether oxygens (including phenoxy) is 3. The second kappa shape index (κ2) is 9.77. The van der Waals surface area contributed by atoms with E-state index in [2.05, 4.69) is 20.5 Å². The van der Waals surface area contributed by atoms with E-state index in [1.807, 2.05) is 19.9 Å². The maximum atomic E-state index is 12.0. The van der Waals surface area contributed by atoms with Gasteiger partial charge in [0.2, 0.25) is 5.75 Å². The summed E-state index contributed by atoms with van der Waals surface area (Å²) in [6.07, 6.45) is 1.50. The molecule has 2 rings (SSSR count). The number of carbonyl (C=O) groups is 1. The first-order valence-corrected chi connectivity index (χ1v) is 9.02. The van der Waals surface area contributed by atoms with Crippen LogP contribution >= 0.6 is 11.8 Å². The monoisotopic (exact) mass is 390 g/mol. The summed E-state index contributed by atoms with van der Waals surface area (Å²) in [5.41, 5.74) is 4.90. The zero-order valence-corrected chi connectivity index (χ0v) is 16.7. The van der Waals surface area contributed by atoms with Gasteiger partial charge in [0.05, 0.1) is 33.3 Å². The van der Waals surface area contributed by atoms with Crippen molar-refractivity contribution in [2.75, 3.05) is 27.1 Å². The number of nitrogens with zero attached hydrogens (tertiary/aromatic N) is 3. The first-order valence-electron chi connectivity index (χ1n) is 8.03. The Labute approximate surface area is 162 Å². The number of rotatable bonds is 8. The van der Waals surface area contributed by atoms with Crippen molar-refractivity contribution in [1.29, 1.82) is 0 Å². The second-order valence-corrected chi connectivity index (χ2v) is 6.42. The predicted molar refractivity (Wildman–Crippen MR) is 104 cm³/mol. The number of hydrogen-bond acceptors (Lipinski definition) is 8. The van der Waals surface area contributed by atoms with E-state index in [1.54, 1.807) is 12.1 Å². The average molecular weight is 390 g/mol. The molecule has 0 aliphatic heterocycles. The molecule has 0 bridgehead atoms. The van der Waals surface area contributed by atoms with Crippen molar-refractivity contribution in [2.24, 2.45) is 5.10 Å². The van der Waals surface area contributed by atoms with Crippen LogP contribution in [0.25, 0.3) is 0 Å². The van der Waals surface area contributed by atoms with Crippen LogP contribution in [0.1, 0.15) is 17.0 Å². The first-order chi connectivity index (χ1) is 13.0. The maximum absolute atomic E-state index is 12.0.